The number of nitrogens with zero attached hydrogens (tertiary/aromatic N) is 1. The average molecular weight is 402 g/mol. The van der Waals surface area contributed by atoms with Gasteiger partial charge in [-0.3, -0.25) is 4.79 Å². The van der Waals surface area contributed by atoms with Crippen LogP contribution >= 0.6 is 11.8 Å². The topological polar surface area (TPSA) is 89.3 Å². The molecular formula is C19H18N2O4S2. The number of oxazole rings is 1. The number of amides is 1. The average Bonchev–Trinajstić information content (AvgIpc) is 3.15. The van der Waals surface area contributed by atoms with Gasteiger partial charge in [0, 0.05) is 22.8 Å². The Kier molecular flexibility index (Phi) is 4.69. The number of sulfone groups is 1. The normalized spacial score (nSPS) is 18.6. The Morgan fingerprint density at radius 2 is 2.07 bits per heavy atom. The van der Waals surface area contributed by atoms with E-state index in [-0.39, 0.29) is 22.7 Å². The largest absolute Gasteiger partial charge is 0.441 e. The van der Waals surface area contributed by atoms with Gasteiger partial charge in [0.05, 0.1) is 17.1 Å². The van der Waals surface area contributed by atoms with Crippen molar-refractivity contribution in [3.63, 3.8) is 0 Å². The zero-order valence-corrected chi connectivity index (χ0v) is 16.3. The summed E-state index contributed by atoms with van der Waals surface area (Å²) in [6, 6.07) is 12.6. The van der Waals surface area contributed by atoms with Gasteiger partial charge in [0.2, 0.25) is 0 Å². The van der Waals surface area contributed by atoms with Gasteiger partial charge in [-0.1, -0.05) is 12.1 Å². The molecule has 0 unspecified atom stereocenters. The SMILES string of the molecule is Cc1nc2cc(NC(=O)c3ccccc3S[C@@H]3CCS(=O)(=O)C3)ccc2o1. The summed E-state index contributed by atoms with van der Waals surface area (Å²) in [4.78, 5) is 17.9. The van der Waals surface area contributed by atoms with Crippen molar-refractivity contribution in [2.45, 2.75) is 23.5 Å². The Bertz CT molecular complexity index is 1120. The molecule has 8 heteroatoms. The number of benzene rings is 2. The molecule has 1 fully saturated rings. The summed E-state index contributed by atoms with van der Waals surface area (Å²) < 4.78 is 28.8. The van der Waals surface area contributed by atoms with Crippen LogP contribution in [0.2, 0.25) is 0 Å². The van der Waals surface area contributed by atoms with E-state index in [1.165, 1.54) is 11.8 Å². The quantitative estimate of drug-likeness (QED) is 0.716. The summed E-state index contributed by atoms with van der Waals surface area (Å²) >= 11 is 1.46. The Morgan fingerprint density at radius 1 is 1.26 bits per heavy atom. The Balaban J connectivity index is 1.54. The van der Waals surface area contributed by atoms with Crippen LogP contribution in [0, 0.1) is 6.92 Å². The maximum Gasteiger partial charge on any atom is 0.256 e. The molecule has 2 heterocycles. The minimum atomic E-state index is -2.95. The van der Waals surface area contributed by atoms with Gasteiger partial charge in [0.25, 0.3) is 5.91 Å². The molecule has 1 saturated heterocycles. The molecule has 1 aliphatic rings. The van der Waals surface area contributed by atoms with Crippen LogP contribution in [-0.4, -0.2) is 36.1 Å². The highest BCUT2D eigenvalue weighted by molar-refractivity contribution is 8.02. The predicted molar refractivity (Wildman–Crippen MR) is 106 cm³/mol. The first-order valence-electron chi connectivity index (χ1n) is 8.54. The van der Waals surface area contributed by atoms with E-state index in [1.807, 2.05) is 12.1 Å². The predicted octanol–water partition coefficient (Wildman–Crippen LogP) is 3.67. The van der Waals surface area contributed by atoms with E-state index in [4.69, 9.17) is 4.42 Å². The number of carbonyl (C=O) groups is 1. The van der Waals surface area contributed by atoms with Gasteiger partial charge in [-0.15, -0.1) is 11.8 Å². The van der Waals surface area contributed by atoms with E-state index >= 15 is 0 Å². The number of hydrogen-bond donors (Lipinski definition) is 1. The fourth-order valence-corrected chi connectivity index (χ4v) is 6.74. The van der Waals surface area contributed by atoms with Gasteiger partial charge in [-0.05, 0) is 36.8 Å². The molecular weight excluding hydrogens is 384 g/mol. The first-order valence-corrected chi connectivity index (χ1v) is 11.2. The van der Waals surface area contributed by atoms with Crippen molar-refractivity contribution in [3.05, 3.63) is 53.9 Å². The van der Waals surface area contributed by atoms with Gasteiger partial charge in [-0.2, -0.15) is 0 Å². The lowest BCUT2D eigenvalue weighted by atomic mass is 10.2. The summed E-state index contributed by atoms with van der Waals surface area (Å²) in [5.74, 6) is 0.714. The number of aryl methyl sites for hydroxylation is 1. The lowest BCUT2D eigenvalue weighted by Crippen LogP contribution is -2.14. The van der Waals surface area contributed by atoms with Crippen molar-refractivity contribution >= 4 is 44.3 Å². The van der Waals surface area contributed by atoms with Crippen LogP contribution in [0.3, 0.4) is 0 Å². The van der Waals surface area contributed by atoms with Gasteiger partial charge in [0.1, 0.15) is 5.52 Å². The van der Waals surface area contributed by atoms with Crippen LogP contribution in [0.15, 0.2) is 51.8 Å². The lowest BCUT2D eigenvalue weighted by Gasteiger charge is -2.12. The first-order chi connectivity index (χ1) is 12.9. The first kappa shape index (κ1) is 18.1. The molecule has 1 N–H and O–H groups in total. The molecule has 2 aromatic carbocycles. The van der Waals surface area contributed by atoms with Gasteiger partial charge in [-0.25, -0.2) is 13.4 Å². The Hall–Kier alpha value is -2.32. The molecule has 27 heavy (non-hydrogen) atoms. The molecule has 0 bridgehead atoms. The molecule has 1 atom stereocenters. The molecule has 1 aromatic heterocycles. The number of fused-ring (bicyclic) bond motifs is 1. The second-order valence-corrected chi connectivity index (χ2v) is 10.1. The van der Waals surface area contributed by atoms with Crippen LogP contribution in [-0.2, 0) is 9.84 Å². The molecule has 0 aliphatic carbocycles. The molecule has 0 spiro atoms. The highest BCUT2D eigenvalue weighted by Gasteiger charge is 2.29. The van der Waals surface area contributed by atoms with Gasteiger partial charge in [0.15, 0.2) is 21.3 Å². The standard InChI is InChI=1S/C19H18N2O4S2/c1-12-20-16-10-13(6-7-17(16)25-12)21-19(22)15-4-2-3-5-18(15)26-14-8-9-27(23,24)11-14/h2-7,10,14H,8-9,11H2,1H3,(H,21,22)/t14-/m1/s1. The van der Waals surface area contributed by atoms with Crippen molar-refractivity contribution in [2.24, 2.45) is 0 Å². The van der Waals surface area contributed by atoms with Crippen LogP contribution in [0.1, 0.15) is 22.7 Å². The van der Waals surface area contributed by atoms with E-state index in [2.05, 4.69) is 10.3 Å². The molecule has 1 amide bonds. The van der Waals surface area contributed by atoms with Crippen molar-refractivity contribution in [2.75, 3.05) is 16.8 Å². The fourth-order valence-electron chi connectivity index (χ4n) is 3.11. The number of thioether (sulfide) groups is 1. The minimum Gasteiger partial charge on any atom is -0.441 e. The monoisotopic (exact) mass is 402 g/mol. The van der Waals surface area contributed by atoms with Crippen LogP contribution in [0.4, 0.5) is 5.69 Å². The summed E-state index contributed by atoms with van der Waals surface area (Å²) in [6.45, 7) is 1.77. The third-order valence-electron chi connectivity index (χ3n) is 4.37. The fraction of sp³-hybridized carbons (Fsp3) is 0.263. The molecule has 1 aliphatic heterocycles. The zero-order valence-electron chi connectivity index (χ0n) is 14.6. The maximum absolute atomic E-state index is 12.8. The molecule has 0 saturated carbocycles. The Labute approximate surface area is 161 Å². The van der Waals surface area contributed by atoms with Crippen LogP contribution in [0.25, 0.3) is 11.1 Å². The highest BCUT2D eigenvalue weighted by atomic mass is 32.2. The number of nitrogens with one attached hydrogen (secondary N) is 1. The van der Waals surface area contributed by atoms with E-state index in [9.17, 15) is 13.2 Å². The van der Waals surface area contributed by atoms with Crippen molar-refractivity contribution in [1.82, 2.24) is 4.98 Å². The summed E-state index contributed by atoms with van der Waals surface area (Å²) in [7, 11) is -2.95. The van der Waals surface area contributed by atoms with Crippen molar-refractivity contribution in [3.8, 4) is 0 Å². The lowest BCUT2D eigenvalue weighted by molar-refractivity contribution is 0.102. The van der Waals surface area contributed by atoms with Crippen LogP contribution in [0.5, 0.6) is 0 Å². The Morgan fingerprint density at radius 3 is 2.85 bits per heavy atom. The van der Waals surface area contributed by atoms with E-state index < -0.39 is 9.84 Å². The third-order valence-corrected chi connectivity index (χ3v) is 7.69. The third kappa shape index (κ3) is 4.01. The number of anilines is 1. The van der Waals surface area contributed by atoms with E-state index in [0.29, 0.717) is 34.7 Å². The number of aromatic nitrogens is 1. The molecule has 6 nitrogen and oxygen atoms in total. The zero-order chi connectivity index (χ0) is 19.0. The second-order valence-electron chi connectivity index (χ2n) is 6.51. The molecule has 140 valence electrons. The molecule has 4 rings (SSSR count). The van der Waals surface area contributed by atoms with E-state index in [1.54, 1.807) is 37.3 Å². The summed E-state index contributed by atoms with van der Waals surface area (Å²) in [5.41, 5.74) is 2.51. The minimum absolute atomic E-state index is 0.0154. The van der Waals surface area contributed by atoms with E-state index in [0.717, 1.165) is 4.90 Å². The van der Waals surface area contributed by atoms with Crippen LogP contribution < -0.4 is 5.32 Å². The molecule has 3 aromatic rings. The summed E-state index contributed by atoms with van der Waals surface area (Å²) in [6.07, 6.45) is 0.616. The van der Waals surface area contributed by atoms with Gasteiger partial charge >= 0.3 is 0 Å². The van der Waals surface area contributed by atoms with Crippen molar-refractivity contribution < 1.29 is 17.6 Å². The molecule has 0 radical (unpaired) electrons. The maximum atomic E-state index is 12.8. The number of hydrogen-bond acceptors (Lipinski definition) is 6. The highest BCUT2D eigenvalue weighted by Crippen LogP contribution is 2.33. The number of rotatable bonds is 4. The van der Waals surface area contributed by atoms with Crippen molar-refractivity contribution in [1.29, 1.82) is 0 Å². The number of carbonyl (C=O) groups excluding carboxylic acids is 1. The second kappa shape index (κ2) is 7.01. The summed E-state index contributed by atoms with van der Waals surface area (Å²) in [5, 5.41) is 2.87. The van der Waals surface area contributed by atoms with Gasteiger partial charge < -0.3 is 9.73 Å². The smallest absolute Gasteiger partial charge is 0.256 e.